The Morgan fingerprint density at radius 3 is 2.65 bits per heavy atom. The lowest BCUT2D eigenvalue weighted by molar-refractivity contribution is 0.278. The van der Waals surface area contributed by atoms with Gasteiger partial charge in [0.25, 0.3) is 0 Å². The number of halogens is 2. The van der Waals surface area contributed by atoms with Gasteiger partial charge in [-0.05, 0) is 24.3 Å². The molecular weight excluding hydrogens is 297 g/mol. The van der Waals surface area contributed by atoms with Crippen molar-refractivity contribution in [3.63, 3.8) is 0 Å². The normalized spacial score (nSPS) is 11.2. The van der Waals surface area contributed by atoms with Crippen LogP contribution in [0.3, 0.4) is 0 Å². The third kappa shape index (κ3) is 2.26. The van der Waals surface area contributed by atoms with Crippen LogP contribution in [0.1, 0.15) is 0 Å². The second-order valence-electron chi connectivity index (χ2n) is 4.28. The Hall–Kier alpha value is -1.62. The molecule has 0 saturated heterocycles. The average Bonchev–Trinajstić information content (AvgIpc) is 2.79. The first-order valence-corrected chi connectivity index (χ1v) is 6.84. The van der Waals surface area contributed by atoms with Crippen LogP contribution in [-0.2, 0) is 6.54 Å². The van der Waals surface area contributed by atoms with Crippen molar-refractivity contribution in [2.24, 2.45) is 0 Å². The molecule has 0 unspecified atom stereocenters. The van der Waals surface area contributed by atoms with Gasteiger partial charge in [0, 0.05) is 12.7 Å². The van der Waals surface area contributed by atoms with E-state index in [1.54, 1.807) is 18.3 Å². The van der Waals surface area contributed by atoms with E-state index in [1.165, 1.54) is 0 Å². The fourth-order valence-corrected chi connectivity index (χ4v) is 2.45. The van der Waals surface area contributed by atoms with E-state index < -0.39 is 0 Å². The lowest BCUT2D eigenvalue weighted by Gasteiger charge is -2.07. The Bertz CT molecular complexity index is 756. The van der Waals surface area contributed by atoms with Gasteiger partial charge in [-0.2, -0.15) is 0 Å². The Labute approximate surface area is 125 Å². The van der Waals surface area contributed by atoms with Gasteiger partial charge in [-0.15, -0.1) is 0 Å². The van der Waals surface area contributed by atoms with Gasteiger partial charge >= 0.3 is 0 Å². The summed E-state index contributed by atoms with van der Waals surface area (Å²) >= 11 is 12.1. The lowest BCUT2D eigenvalue weighted by atomic mass is 10.3. The van der Waals surface area contributed by atoms with Crippen molar-refractivity contribution < 1.29 is 5.11 Å². The molecule has 3 aromatic rings. The summed E-state index contributed by atoms with van der Waals surface area (Å²) in [4.78, 5) is 8.85. The molecule has 0 fully saturated rings. The minimum absolute atomic E-state index is 0.00550. The zero-order valence-electron chi connectivity index (χ0n) is 10.4. The SMILES string of the molecule is OCCn1c(-c2ccccn2)nc2cc(Cl)c(Cl)cc21. The fraction of sp³-hybridized carbons (Fsp3) is 0.143. The molecule has 2 heterocycles. The van der Waals surface area contributed by atoms with Gasteiger partial charge in [0.05, 0.1) is 27.7 Å². The van der Waals surface area contributed by atoms with Crippen LogP contribution in [0.25, 0.3) is 22.6 Å². The molecule has 0 spiro atoms. The van der Waals surface area contributed by atoms with Crippen LogP contribution in [-0.4, -0.2) is 26.2 Å². The van der Waals surface area contributed by atoms with Crippen LogP contribution in [0.5, 0.6) is 0 Å². The quantitative estimate of drug-likeness (QED) is 0.807. The van der Waals surface area contributed by atoms with Crippen LogP contribution in [0, 0.1) is 0 Å². The number of benzene rings is 1. The molecule has 102 valence electrons. The van der Waals surface area contributed by atoms with Crippen molar-refractivity contribution in [2.75, 3.05) is 6.61 Å². The minimum Gasteiger partial charge on any atom is -0.395 e. The summed E-state index contributed by atoms with van der Waals surface area (Å²) in [6, 6.07) is 9.09. The van der Waals surface area contributed by atoms with Gasteiger partial charge in [0.1, 0.15) is 5.69 Å². The maximum absolute atomic E-state index is 9.26. The molecule has 0 amide bonds. The van der Waals surface area contributed by atoms with Gasteiger partial charge in [-0.1, -0.05) is 29.3 Å². The van der Waals surface area contributed by atoms with Gasteiger partial charge in [-0.25, -0.2) is 4.98 Å². The van der Waals surface area contributed by atoms with E-state index in [1.807, 2.05) is 22.8 Å². The molecule has 0 bridgehead atoms. The predicted molar refractivity (Wildman–Crippen MR) is 80.1 cm³/mol. The summed E-state index contributed by atoms with van der Waals surface area (Å²) in [5.41, 5.74) is 2.30. The zero-order chi connectivity index (χ0) is 14.1. The topological polar surface area (TPSA) is 50.9 Å². The number of aliphatic hydroxyl groups is 1. The van der Waals surface area contributed by atoms with Crippen molar-refractivity contribution in [1.82, 2.24) is 14.5 Å². The van der Waals surface area contributed by atoms with Crippen LogP contribution >= 0.6 is 23.2 Å². The Morgan fingerprint density at radius 2 is 1.95 bits per heavy atom. The Kier molecular flexibility index (Phi) is 3.61. The number of hydrogen-bond acceptors (Lipinski definition) is 3. The number of aliphatic hydroxyl groups excluding tert-OH is 1. The highest BCUT2D eigenvalue weighted by molar-refractivity contribution is 6.42. The van der Waals surface area contributed by atoms with E-state index in [-0.39, 0.29) is 6.61 Å². The van der Waals surface area contributed by atoms with Gasteiger partial charge in [0.2, 0.25) is 0 Å². The summed E-state index contributed by atoms with van der Waals surface area (Å²) in [7, 11) is 0. The molecule has 0 saturated carbocycles. The van der Waals surface area contributed by atoms with Crippen LogP contribution in [0.4, 0.5) is 0 Å². The average molecular weight is 308 g/mol. The molecule has 0 aliphatic rings. The van der Waals surface area contributed by atoms with E-state index >= 15 is 0 Å². The van der Waals surface area contributed by atoms with Crippen molar-refractivity contribution >= 4 is 34.2 Å². The molecule has 1 aromatic carbocycles. The zero-order valence-corrected chi connectivity index (χ0v) is 11.9. The largest absolute Gasteiger partial charge is 0.395 e. The summed E-state index contributed by atoms with van der Waals surface area (Å²) in [5, 5.41) is 10.2. The molecule has 0 aliphatic carbocycles. The molecule has 4 nitrogen and oxygen atoms in total. The van der Waals surface area contributed by atoms with E-state index in [0.29, 0.717) is 22.4 Å². The minimum atomic E-state index is 0.00550. The maximum Gasteiger partial charge on any atom is 0.159 e. The number of imidazole rings is 1. The number of nitrogens with zero attached hydrogens (tertiary/aromatic N) is 3. The van der Waals surface area contributed by atoms with E-state index in [0.717, 1.165) is 16.7 Å². The highest BCUT2D eigenvalue weighted by Crippen LogP contribution is 2.30. The molecule has 0 aliphatic heterocycles. The van der Waals surface area contributed by atoms with Crippen molar-refractivity contribution in [2.45, 2.75) is 6.54 Å². The summed E-state index contributed by atoms with van der Waals surface area (Å²) in [5.74, 6) is 0.688. The van der Waals surface area contributed by atoms with E-state index in [2.05, 4.69) is 9.97 Å². The van der Waals surface area contributed by atoms with Crippen molar-refractivity contribution in [3.8, 4) is 11.5 Å². The van der Waals surface area contributed by atoms with E-state index in [9.17, 15) is 5.11 Å². The predicted octanol–water partition coefficient (Wildman–Crippen LogP) is 3.40. The third-order valence-electron chi connectivity index (χ3n) is 3.01. The highest BCUT2D eigenvalue weighted by atomic mass is 35.5. The number of aromatic nitrogens is 3. The van der Waals surface area contributed by atoms with Gasteiger partial charge < -0.3 is 9.67 Å². The number of hydrogen-bond donors (Lipinski definition) is 1. The maximum atomic E-state index is 9.26. The van der Waals surface area contributed by atoms with Crippen molar-refractivity contribution in [1.29, 1.82) is 0 Å². The van der Waals surface area contributed by atoms with Crippen molar-refractivity contribution in [3.05, 3.63) is 46.6 Å². The summed E-state index contributed by atoms with van der Waals surface area (Å²) in [6.07, 6.45) is 1.71. The van der Waals surface area contributed by atoms with Gasteiger partial charge in [-0.3, -0.25) is 4.98 Å². The second kappa shape index (κ2) is 5.40. The van der Waals surface area contributed by atoms with Gasteiger partial charge in [0.15, 0.2) is 5.82 Å². The molecular formula is C14H11Cl2N3O. The highest BCUT2D eigenvalue weighted by Gasteiger charge is 2.14. The first kappa shape index (κ1) is 13.4. The summed E-state index contributed by atoms with van der Waals surface area (Å²) in [6.45, 7) is 0.423. The number of fused-ring (bicyclic) bond motifs is 1. The lowest BCUT2D eigenvalue weighted by Crippen LogP contribution is -2.04. The molecule has 0 atom stereocenters. The molecule has 0 radical (unpaired) electrons. The second-order valence-corrected chi connectivity index (χ2v) is 5.10. The van der Waals surface area contributed by atoms with E-state index in [4.69, 9.17) is 23.2 Å². The summed E-state index contributed by atoms with van der Waals surface area (Å²) < 4.78 is 1.89. The molecule has 2 aromatic heterocycles. The first-order chi connectivity index (χ1) is 9.70. The monoisotopic (exact) mass is 307 g/mol. The fourth-order valence-electron chi connectivity index (χ4n) is 2.14. The van der Waals surface area contributed by atoms with Crippen LogP contribution < -0.4 is 0 Å². The standard InChI is InChI=1S/C14H11Cl2N3O/c15-9-7-12-13(8-10(9)16)19(5-6-20)14(18-12)11-3-1-2-4-17-11/h1-4,7-8,20H,5-6H2. The smallest absolute Gasteiger partial charge is 0.159 e. The van der Waals surface area contributed by atoms with Crippen LogP contribution in [0.15, 0.2) is 36.5 Å². The molecule has 6 heteroatoms. The number of pyridine rings is 1. The Balaban J connectivity index is 2.28. The first-order valence-electron chi connectivity index (χ1n) is 6.08. The molecule has 1 N–H and O–H groups in total. The molecule has 3 rings (SSSR count). The number of rotatable bonds is 3. The third-order valence-corrected chi connectivity index (χ3v) is 3.73. The molecule has 20 heavy (non-hydrogen) atoms. The Morgan fingerprint density at radius 1 is 1.15 bits per heavy atom. The van der Waals surface area contributed by atoms with Crippen LogP contribution in [0.2, 0.25) is 10.0 Å².